The van der Waals surface area contributed by atoms with Gasteiger partial charge in [-0.3, -0.25) is 4.79 Å². The molecular weight excluding hydrogens is 232 g/mol. The molecule has 0 aliphatic rings. The van der Waals surface area contributed by atoms with Crippen molar-refractivity contribution >= 4 is 5.97 Å². The van der Waals surface area contributed by atoms with Gasteiger partial charge in [-0.15, -0.1) is 0 Å². The number of hydrogen-bond donors (Lipinski definition) is 0. The van der Waals surface area contributed by atoms with Crippen LogP contribution in [0.5, 0.6) is 0 Å². The van der Waals surface area contributed by atoms with E-state index >= 15 is 0 Å². The van der Waals surface area contributed by atoms with Crippen LogP contribution in [0, 0.1) is 5.41 Å². The van der Waals surface area contributed by atoms with Gasteiger partial charge in [-0.25, -0.2) is 0 Å². The molecule has 0 amide bonds. The Morgan fingerprint density at radius 2 is 1.50 bits per heavy atom. The molecule has 0 rings (SSSR count). The zero-order valence-corrected chi connectivity index (χ0v) is 12.7. The van der Waals surface area contributed by atoms with Crippen molar-refractivity contribution in [3.05, 3.63) is 0 Å². The van der Waals surface area contributed by atoms with Crippen molar-refractivity contribution in [1.29, 1.82) is 0 Å². The molecule has 5 heteroatoms. The zero-order chi connectivity index (χ0) is 14.2. The maximum atomic E-state index is 11.8. The lowest BCUT2D eigenvalue weighted by atomic mass is 9.95. The highest BCUT2D eigenvalue weighted by molar-refractivity contribution is 5.76. The van der Waals surface area contributed by atoms with E-state index in [-0.39, 0.29) is 5.97 Å². The fourth-order valence-corrected chi connectivity index (χ4v) is 1.15. The second kappa shape index (κ2) is 8.45. The molecule has 0 heterocycles. The van der Waals surface area contributed by atoms with Crippen molar-refractivity contribution in [1.82, 2.24) is 9.80 Å². The Labute approximate surface area is 111 Å². The fourth-order valence-electron chi connectivity index (χ4n) is 1.15. The minimum Gasteiger partial charge on any atom is -0.464 e. The lowest BCUT2D eigenvalue weighted by Gasteiger charge is -2.23. The van der Waals surface area contributed by atoms with Gasteiger partial charge in [-0.05, 0) is 42.0 Å². The van der Waals surface area contributed by atoms with E-state index in [0.717, 1.165) is 13.1 Å². The summed E-state index contributed by atoms with van der Waals surface area (Å²) in [6.45, 7) is 6.73. The third kappa shape index (κ3) is 8.44. The first-order valence-electron chi connectivity index (χ1n) is 6.30. The number of rotatable bonds is 9. The van der Waals surface area contributed by atoms with E-state index in [4.69, 9.17) is 9.47 Å². The van der Waals surface area contributed by atoms with Crippen LogP contribution in [0.15, 0.2) is 0 Å². The van der Waals surface area contributed by atoms with Gasteiger partial charge in [0.1, 0.15) is 6.61 Å². The Balaban J connectivity index is 3.84. The van der Waals surface area contributed by atoms with Crippen molar-refractivity contribution in [3.8, 4) is 0 Å². The Kier molecular flexibility index (Phi) is 8.15. The molecular formula is C13H28N2O3. The van der Waals surface area contributed by atoms with Crippen LogP contribution in [-0.4, -0.2) is 76.9 Å². The number of ether oxygens (including phenoxy) is 2. The number of likely N-dealkylation sites (N-methyl/N-ethyl adjacent to an activating group) is 2. The highest BCUT2D eigenvalue weighted by atomic mass is 16.5. The quantitative estimate of drug-likeness (QED) is 0.451. The summed E-state index contributed by atoms with van der Waals surface area (Å²) in [7, 11) is 7.88. The van der Waals surface area contributed by atoms with E-state index in [1.54, 1.807) is 0 Å². The smallest absolute Gasteiger partial charge is 0.313 e. The first-order chi connectivity index (χ1) is 8.25. The summed E-state index contributed by atoms with van der Waals surface area (Å²) in [6, 6.07) is 0. The number of carbonyl (C=O) groups excluding carboxylic acids is 1. The highest BCUT2D eigenvalue weighted by Gasteiger charge is 2.29. The molecule has 0 spiro atoms. The predicted octanol–water partition coefficient (Wildman–Crippen LogP) is 0.696. The van der Waals surface area contributed by atoms with Crippen LogP contribution in [0.1, 0.15) is 13.8 Å². The normalized spacial score (nSPS) is 12.2. The number of esters is 1. The summed E-state index contributed by atoms with van der Waals surface area (Å²) < 4.78 is 10.7. The van der Waals surface area contributed by atoms with Crippen molar-refractivity contribution in [3.63, 3.8) is 0 Å². The fraction of sp³-hybridized carbons (Fsp3) is 0.923. The van der Waals surface area contributed by atoms with Crippen LogP contribution < -0.4 is 0 Å². The highest BCUT2D eigenvalue weighted by Crippen LogP contribution is 2.17. The maximum Gasteiger partial charge on any atom is 0.313 e. The SMILES string of the molecule is CN(C)CCOCC(C)(C)C(=O)OCCN(C)C. The van der Waals surface area contributed by atoms with Crippen LogP contribution in [-0.2, 0) is 14.3 Å². The third-order valence-corrected chi connectivity index (χ3v) is 2.47. The van der Waals surface area contributed by atoms with Gasteiger partial charge in [-0.1, -0.05) is 0 Å². The van der Waals surface area contributed by atoms with E-state index in [1.807, 2.05) is 51.8 Å². The summed E-state index contributed by atoms with van der Waals surface area (Å²) in [6.07, 6.45) is 0. The molecule has 18 heavy (non-hydrogen) atoms. The Hall–Kier alpha value is -0.650. The molecule has 5 nitrogen and oxygen atoms in total. The topological polar surface area (TPSA) is 42.0 Å². The molecule has 0 aromatic rings. The Bertz CT molecular complexity index is 240. The molecule has 108 valence electrons. The van der Waals surface area contributed by atoms with Gasteiger partial charge in [0.25, 0.3) is 0 Å². The minimum absolute atomic E-state index is 0.200. The second-order valence-electron chi connectivity index (χ2n) is 5.68. The molecule has 0 aliphatic heterocycles. The Morgan fingerprint density at radius 3 is 2.00 bits per heavy atom. The summed E-state index contributed by atoms with van der Waals surface area (Å²) in [5, 5.41) is 0. The molecule has 0 aromatic carbocycles. The number of hydrogen-bond acceptors (Lipinski definition) is 5. The lowest BCUT2D eigenvalue weighted by Crippen LogP contribution is -2.34. The molecule has 0 fully saturated rings. The number of nitrogens with zero attached hydrogens (tertiary/aromatic N) is 2. The van der Waals surface area contributed by atoms with Gasteiger partial charge in [0, 0.05) is 13.1 Å². The van der Waals surface area contributed by atoms with E-state index in [1.165, 1.54) is 0 Å². The van der Waals surface area contributed by atoms with Crippen LogP contribution >= 0.6 is 0 Å². The molecule has 0 saturated heterocycles. The second-order valence-corrected chi connectivity index (χ2v) is 5.68. The van der Waals surface area contributed by atoms with Gasteiger partial charge >= 0.3 is 5.97 Å². The first kappa shape index (κ1) is 17.4. The van der Waals surface area contributed by atoms with Gasteiger partial charge in [0.05, 0.1) is 18.6 Å². The van der Waals surface area contributed by atoms with Crippen LogP contribution in [0.2, 0.25) is 0 Å². The third-order valence-electron chi connectivity index (χ3n) is 2.47. The predicted molar refractivity (Wildman–Crippen MR) is 72.7 cm³/mol. The van der Waals surface area contributed by atoms with Gasteiger partial charge in [0.15, 0.2) is 0 Å². The van der Waals surface area contributed by atoms with Gasteiger partial charge in [0.2, 0.25) is 0 Å². The molecule has 0 aliphatic carbocycles. The monoisotopic (exact) mass is 260 g/mol. The summed E-state index contributed by atoms with van der Waals surface area (Å²) in [5.74, 6) is -0.200. The zero-order valence-electron chi connectivity index (χ0n) is 12.7. The lowest BCUT2D eigenvalue weighted by molar-refractivity contribution is -0.157. The molecule has 0 aromatic heterocycles. The van der Waals surface area contributed by atoms with Crippen molar-refractivity contribution in [2.75, 3.05) is 61.1 Å². The molecule has 0 N–H and O–H groups in total. The van der Waals surface area contributed by atoms with Gasteiger partial charge in [-0.2, -0.15) is 0 Å². The summed E-state index contributed by atoms with van der Waals surface area (Å²) in [5.41, 5.74) is -0.585. The molecule has 0 saturated carbocycles. The average molecular weight is 260 g/mol. The largest absolute Gasteiger partial charge is 0.464 e. The minimum atomic E-state index is -0.585. The molecule has 0 unspecified atom stereocenters. The standard InChI is InChI=1S/C13H28N2O3/c1-13(2,11-17-9-7-14(3)4)12(16)18-10-8-15(5)6/h7-11H2,1-6H3. The Morgan fingerprint density at radius 1 is 1.00 bits per heavy atom. The molecule has 0 bridgehead atoms. The van der Waals surface area contributed by atoms with Crippen LogP contribution in [0.4, 0.5) is 0 Å². The first-order valence-corrected chi connectivity index (χ1v) is 6.30. The summed E-state index contributed by atoms with van der Waals surface area (Å²) >= 11 is 0. The average Bonchev–Trinajstić information content (AvgIpc) is 2.23. The number of carbonyl (C=O) groups is 1. The van der Waals surface area contributed by atoms with Crippen LogP contribution in [0.3, 0.4) is 0 Å². The van der Waals surface area contributed by atoms with Crippen LogP contribution in [0.25, 0.3) is 0 Å². The van der Waals surface area contributed by atoms with Crippen molar-refractivity contribution < 1.29 is 14.3 Å². The van der Waals surface area contributed by atoms with E-state index in [0.29, 0.717) is 19.8 Å². The maximum absolute atomic E-state index is 11.8. The van der Waals surface area contributed by atoms with Gasteiger partial charge < -0.3 is 19.3 Å². The van der Waals surface area contributed by atoms with E-state index in [2.05, 4.69) is 0 Å². The summed E-state index contributed by atoms with van der Waals surface area (Å²) in [4.78, 5) is 15.9. The van der Waals surface area contributed by atoms with E-state index in [9.17, 15) is 4.79 Å². The van der Waals surface area contributed by atoms with Crippen molar-refractivity contribution in [2.24, 2.45) is 5.41 Å². The van der Waals surface area contributed by atoms with Crippen molar-refractivity contribution in [2.45, 2.75) is 13.8 Å². The van der Waals surface area contributed by atoms with E-state index < -0.39 is 5.41 Å². The molecule has 0 radical (unpaired) electrons. The molecule has 0 atom stereocenters.